The molecule has 0 spiro atoms. The number of aliphatic hydroxyl groups is 1. The van der Waals surface area contributed by atoms with Gasteiger partial charge in [-0.1, -0.05) is 18.2 Å². The summed E-state index contributed by atoms with van der Waals surface area (Å²) in [5, 5.41) is 12.6. The van der Waals surface area contributed by atoms with Gasteiger partial charge < -0.3 is 20.7 Å². The summed E-state index contributed by atoms with van der Waals surface area (Å²) >= 11 is 6.17. The normalized spacial score (nSPS) is 11.3. The van der Waals surface area contributed by atoms with Crippen LogP contribution in [-0.4, -0.2) is 31.2 Å². The number of fused-ring (bicyclic) bond motifs is 1. The summed E-state index contributed by atoms with van der Waals surface area (Å²) in [6, 6.07) is 3.11. The lowest BCUT2D eigenvalue weighted by atomic mass is 10.1. The molecule has 0 fully saturated rings. The first-order chi connectivity index (χ1) is 12.8. The van der Waals surface area contributed by atoms with Gasteiger partial charge in [-0.2, -0.15) is 0 Å². The molecule has 142 valence electrons. The minimum absolute atomic E-state index is 0.00965. The maximum Gasteiger partial charge on any atom is 0.220 e. The first-order valence-electron chi connectivity index (χ1n) is 8.38. The fourth-order valence-electron chi connectivity index (χ4n) is 2.84. The van der Waals surface area contributed by atoms with Gasteiger partial charge in [-0.05, 0) is 26.0 Å². The lowest BCUT2D eigenvalue weighted by molar-refractivity contribution is 0.395. The highest BCUT2D eigenvalue weighted by molar-refractivity contribution is 6.33. The zero-order valence-corrected chi connectivity index (χ0v) is 15.8. The Kier molecular flexibility index (Phi) is 5.18. The number of benzene rings is 1. The van der Waals surface area contributed by atoms with E-state index in [9.17, 15) is 9.50 Å². The summed E-state index contributed by atoms with van der Waals surface area (Å²) in [6.07, 6.45) is 1.75. The summed E-state index contributed by atoms with van der Waals surface area (Å²) < 4.78 is 16.7. The number of nitrogen functional groups attached to an aromatic ring is 1. The predicted molar refractivity (Wildman–Crippen MR) is 105 cm³/mol. The summed E-state index contributed by atoms with van der Waals surface area (Å²) in [6.45, 7) is 7.82. The van der Waals surface area contributed by atoms with Crippen molar-refractivity contribution >= 4 is 34.5 Å². The Labute approximate surface area is 160 Å². The van der Waals surface area contributed by atoms with E-state index in [0.29, 0.717) is 35.7 Å². The molecule has 1 aromatic carbocycles. The number of nitrogens with zero attached hydrogens (tertiary/aromatic N) is 4. The molecule has 0 saturated carbocycles. The van der Waals surface area contributed by atoms with Gasteiger partial charge >= 0.3 is 0 Å². The minimum atomic E-state index is -0.496. The molecule has 0 bridgehead atoms. The van der Waals surface area contributed by atoms with E-state index in [1.165, 1.54) is 12.3 Å². The monoisotopic (exact) mass is 390 g/mol. The van der Waals surface area contributed by atoms with Gasteiger partial charge in [0.05, 0.1) is 28.2 Å². The van der Waals surface area contributed by atoms with Crippen LogP contribution in [0.3, 0.4) is 0 Å². The molecule has 0 amide bonds. The predicted octanol–water partition coefficient (Wildman–Crippen LogP) is 4.32. The Morgan fingerprint density at radius 3 is 2.81 bits per heavy atom. The number of hydrogen-bond donors (Lipinski definition) is 3. The van der Waals surface area contributed by atoms with Crippen molar-refractivity contribution in [1.29, 1.82) is 0 Å². The third kappa shape index (κ3) is 3.80. The van der Waals surface area contributed by atoms with E-state index in [1.807, 2.05) is 18.4 Å². The Morgan fingerprint density at radius 1 is 1.41 bits per heavy atom. The molecule has 0 unspecified atom stereocenters. The Bertz CT molecular complexity index is 1020. The molecule has 0 radical (unpaired) electrons. The number of nitrogens with two attached hydrogens (primary N) is 1. The fraction of sp³-hybridized carbons (Fsp3) is 0.278. The van der Waals surface area contributed by atoms with Gasteiger partial charge in [-0.3, -0.25) is 0 Å². The van der Waals surface area contributed by atoms with E-state index in [0.717, 1.165) is 0 Å². The van der Waals surface area contributed by atoms with Gasteiger partial charge in [0.2, 0.25) is 11.9 Å². The van der Waals surface area contributed by atoms with Crippen LogP contribution in [0.2, 0.25) is 5.02 Å². The van der Waals surface area contributed by atoms with Crippen LogP contribution in [0.5, 0.6) is 0 Å². The van der Waals surface area contributed by atoms with Crippen LogP contribution in [0.1, 0.15) is 26.3 Å². The molecule has 0 aliphatic carbocycles. The van der Waals surface area contributed by atoms with Crippen LogP contribution < -0.4 is 11.1 Å². The summed E-state index contributed by atoms with van der Waals surface area (Å²) in [5.41, 5.74) is 7.31. The zero-order chi connectivity index (χ0) is 19.7. The fourth-order valence-corrected chi connectivity index (χ4v) is 3.04. The molecule has 4 N–H and O–H groups in total. The second-order valence-electron chi connectivity index (χ2n) is 6.39. The number of halogens is 2. The Balaban J connectivity index is 2.14. The van der Waals surface area contributed by atoms with Gasteiger partial charge in [0.1, 0.15) is 5.52 Å². The maximum absolute atomic E-state index is 14.8. The SMILES string of the molecule is C=C(O)CCNc1nc2c(F)cc(-c3nc(N)ncc3Cl)cc2n1C(C)C. The first kappa shape index (κ1) is 18.9. The van der Waals surface area contributed by atoms with Crippen molar-refractivity contribution < 1.29 is 9.50 Å². The molecule has 9 heteroatoms. The number of nitrogens with one attached hydrogen (secondary N) is 1. The molecule has 2 aromatic heterocycles. The molecular weight excluding hydrogens is 371 g/mol. The highest BCUT2D eigenvalue weighted by Crippen LogP contribution is 2.33. The van der Waals surface area contributed by atoms with Gasteiger partial charge in [-0.15, -0.1) is 0 Å². The highest BCUT2D eigenvalue weighted by atomic mass is 35.5. The topological polar surface area (TPSA) is 102 Å². The molecule has 0 aliphatic rings. The van der Waals surface area contributed by atoms with Crippen molar-refractivity contribution in [1.82, 2.24) is 19.5 Å². The third-order valence-corrected chi connectivity index (χ3v) is 4.27. The van der Waals surface area contributed by atoms with Crippen molar-refractivity contribution in [2.24, 2.45) is 0 Å². The van der Waals surface area contributed by atoms with Crippen molar-refractivity contribution in [2.45, 2.75) is 26.3 Å². The van der Waals surface area contributed by atoms with E-state index in [4.69, 9.17) is 17.3 Å². The molecule has 27 heavy (non-hydrogen) atoms. The molecular formula is C18H20ClFN6O. The van der Waals surface area contributed by atoms with Crippen LogP contribution in [0.25, 0.3) is 22.3 Å². The molecule has 3 aromatic rings. The second kappa shape index (κ2) is 7.40. The smallest absolute Gasteiger partial charge is 0.220 e. The van der Waals surface area contributed by atoms with Crippen LogP contribution >= 0.6 is 11.6 Å². The Morgan fingerprint density at radius 2 is 2.15 bits per heavy atom. The minimum Gasteiger partial charge on any atom is -0.513 e. The Hall–Kier alpha value is -2.87. The highest BCUT2D eigenvalue weighted by Gasteiger charge is 2.19. The molecule has 3 rings (SSSR count). The van der Waals surface area contributed by atoms with E-state index in [2.05, 4.69) is 26.8 Å². The van der Waals surface area contributed by atoms with Crippen LogP contribution in [-0.2, 0) is 0 Å². The number of rotatable bonds is 6. The largest absolute Gasteiger partial charge is 0.513 e. The van der Waals surface area contributed by atoms with Crippen molar-refractivity contribution in [3.63, 3.8) is 0 Å². The van der Waals surface area contributed by atoms with Gasteiger partial charge in [0.25, 0.3) is 0 Å². The molecule has 2 heterocycles. The lowest BCUT2D eigenvalue weighted by Crippen LogP contribution is -2.11. The number of hydrogen-bond acceptors (Lipinski definition) is 6. The number of aliphatic hydroxyl groups excluding tert-OH is 1. The third-order valence-electron chi connectivity index (χ3n) is 4.00. The van der Waals surface area contributed by atoms with Crippen LogP contribution in [0.4, 0.5) is 16.3 Å². The molecule has 7 nitrogen and oxygen atoms in total. The average Bonchev–Trinajstić information content (AvgIpc) is 2.95. The van der Waals surface area contributed by atoms with E-state index in [1.54, 1.807) is 6.07 Å². The summed E-state index contributed by atoms with van der Waals surface area (Å²) in [4.78, 5) is 12.3. The van der Waals surface area contributed by atoms with E-state index in [-0.39, 0.29) is 28.3 Å². The summed E-state index contributed by atoms with van der Waals surface area (Å²) in [7, 11) is 0. The first-order valence-corrected chi connectivity index (χ1v) is 8.76. The lowest BCUT2D eigenvalue weighted by Gasteiger charge is -2.14. The van der Waals surface area contributed by atoms with Crippen molar-refractivity contribution in [3.8, 4) is 11.3 Å². The molecule has 0 atom stereocenters. The summed E-state index contributed by atoms with van der Waals surface area (Å²) in [5.74, 6) is 0.133. The van der Waals surface area contributed by atoms with Gasteiger partial charge in [0.15, 0.2) is 5.82 Å². The standard InChI is InChI=1S/C18H20ClFN6O/c1-9(2)26-14-7-11(15-12(19)8-23-17(21)24-15)6-13(20)16(14)25-18(26)22-5-4-10(3)27/h6-9,27H,3-5H2,1-2H3,(H,22,25)(H2,21,23,24). The van der Waals surface area contributed by atoms with E-state index < -0.39 is 5.82 Å². The molecule has 0 aliphatic heterocycles. The zero-order valence-electron chi connectivity index (χ0n) is 15.0. The maximum atomic E-state index is 14.8. The van der Waals surface area contributed by atoms with Crippen LogP contribution in [0.15, 0.2) is 30.7 Å². The quantitative estimate of drug-likeness (QED) is 0.541. The second-order valence-corrected chi connectivity index (χ2v) is 6.80. The van der Waals surface area contributed by atoms with E-state index >= 15 is 0 Å². The number of anilines is 2. The van der Waals surface area contributed by atoms with Crippen LogP contribution in [0, 0.1) is 5.82 Å². The van der Waals surface area contributed by atoms with Gasteiger partial charge in [-0.25, -0.2) is 19.3 Å². The average molecular weight is 391 g/mol. The van der Waals surface area contributed by atoms with Crippen molar-refractivity contribution in [3.05, 3.63) is 41.5 Å². The number of aromatic nitrogens is 4. The van der Waals surface area contributed by atoms with Crippen molar-refractivity contribution in [2.75, 3.05) is 17.6 Å². The molecule has 0 saturated heterocycles. The number of imidazole rings is 1. The van der Waals surface area contributed by atoms with Gasteiger partial charge in [0, 0.05) is 24.6 Å².